The van der Waals surface area contributed by atoms with E-state index < -0.39 is 11.8 Å². The van der Waals surface area contributed by atoms with Crippen LogP contribution in [0.15, 0.2) is 24.3 Å². The maximum absolute atomic E-state index is 13.2. The highest BCUT2D eigenvalue weighted by Crippen LogP contribution is 2.36. The first-order chi connectivity index (χ1) is 14.0. The third-order valence-electron chi connectivity index (χ3n) is 5.36. The number of nitriles is 1. The summed E-state index contributed by atoms with van der Waals surface area (Å²) >= 11 is 2.54. The predicted molar refractivity (Wildman–Crippen MR) is 112 cm³/mol. The van der Waals surface area contributed by atoms with Crippen LogP contribution >= 0.6 is 24.0 Å². The summed E-state index contributed by atoms with van der Waals surface area (Å²) in [6, 6.07) is 9.32. The summed E-state index contributed by atoms with van der Waals surface area (Å²) in [6.45, 7) is 1.55. The minimum atomic E-state index is -1.32. The molecule has 1 unspecified atom stereocenters. The Hall–Kier alpha value is -1.93. The molecule has 1 atom stereocenters. The van der Waals surface area contributed by atoms with Crippen molar-refractivity contribution in [2.75, 3.05) is 25.1 Å². The van der Waals surface area contributed by atoms with E-state index in [9.17, 15) is 14.9 Å². The molecule has 29 heavy (non-hydrogen) atoms. The first kappa shape index (κ1) is 21.8. The van der Waals surface area contributed by atoms with E-state index in [0.717, 1.165) is 30.0 Å². The Balaban J connectivity index is 1.78. The number of hydrogen-bond donors (Lipinski definition) is 2. The Morgan fingerprint density at radius 2 is 2.14 bits per heavy atom. The second-order valence-electron chi connectivity index (χ2n) is 7.06. The van der Waals surface area contributed by atoms with E-state index in [-0.39, 0.29) is 11.9 Å². The van der Waals surface area contributed by atoms with Gasteiger partial charge < -0.3 is 14.2 Å². The molecule has 8 nitrogen and oxygen atoms in total. The number of nitrogens with zero attached hydrogens (tertiary/aromatic N) is 3. The molecule has 2 saturated heterocycles. The van der Waals surface area contributed by atoms with Gasteiger partial charge in [-0.2, -0.15) is 17.0 Å². The van der Waals surface area contributed by atoms with Crippen molar-refractivity contribution in [3.05, 3.63) is 35.4 Å². The van der Waals surface area contributed by atoms with Gasteiger partial charge in [0.05, 0.1) is 23.3 Å². The fraction of sp³-hybridized carbons (Fsp3) is 0.526. The van der Waals surface area contributed by atoms with E-state index in [1.165, 1.54) is 0 Å². The number of amides is 1. The molecule has 0 saturated carbocycles. The number of carbonyl (C=O) groups is 2. The normalized spacial score (nSPS) is 21.3. The summed E-state index contributed by atoms with van der Waals surface area (Å²) in [4.78, 5) is 25.7. The summed E-state index contributed by atoms with van der Waals surface area (Å²) in [6.07, 6.45) is 2.75. The lowest BCUT2D eigenvalue weighted by molar-refractivity contribution is -0.134. The lowest BCUT2D eigenvalue weighted by atomic mass is 9.96. The van der Waals surface area contributed by atoms with Crippen molar-refractivity contribution in [1.29, 1.82) is 5.26 Å². The van der Waals surface area contributed by atoms with Gasteiger partial charge in [0.25, 0.3) is 0 Å². The molecule has 0 aromatic heterocycles. The number of nitrogens with one attached hydrogen (secondary N) is 1. The molecule has 1 aromatic rings. The number of hydrogen-bond acceptors (Lipinski definition) is 8. The van der Waals surface area contributed by atoms with Crippen LogP contribution in [0.3, 0.4) is 0 Å². The molecular weight excluding hydrogens is 412 g/mol. The topological polar surface area (TPSA) is 106 Å². The van der Waals surface area contributed by atoms with E-state index in [1.807, 2.05) is 33.7 Å². The Kier molecular flexibility index (Phi) is 7.29. The lowest BCUT2D eigenvalue weighted by Crippen LogP contribution is -2.57. The van der Waals surface area contributed by atoms with Crippen molar-refractivity contribution in [3.63, 3.8) is 0 Å². The Morgan fingerprint density at radius 3 is 2.79 bits per heavy atom. The zero-order valence-electron chi connectivity index (χ0n) is 16.2. The molecule has 1 spiro atoms. The van der Waals surface area contributed by atoms with Crippen molar-refractivity contribution in [2.24, 2.45) is 0 Å². The smallest absolute Gasteiger partial charge is 0.449 e. The number of benzene rings is 1. The second-order valence-corrected chi connectivity index (χ2v) is 8.87. The fourth-order valence-electron chi connectivity index (χ4n) is 3.89. The Bertz CT molecular complexity index is 793. The quantitative estimate of drug-likeness (QED) is 0.493. The zero-order valence-corrected chi connectivity index (χ0v) is 17.8. The Morgan fingerprint density at radius 1 is 1.41 bits per heavy atom. The molecule has 2 aliphatic heterocycles. The van der Waals surface area contributed by atoms with E-state index >= 15 is 0 Å². The van der Waals surface area contributed by atoms with E-state index in [2.05, 4.69) is 15.6 Å². The SMILES string of the molecule is CSCCC1NC2(CCN(SOC(=O)O)CC2)N(Cc2ccccc2C#N)C1=O. The maximum Gasteiger partial charge on any atom is 0.519 e. The molecule has 2 heterocycles. The van der Waals surface area contributed by atoms with Gasteiger partial charge in [0.1, 0.15) is 0 Å². The molecule has 2 fully saturated rings. The van der Waals surface area contributed by atoms with Gasteiger partial charge >= 0.3 is 6.16 Å². The van der Waals surface area contributed by atoms with E-state index in [4.69, 9.17) is 5.11 Å². The van der Waals surface area contributed by atoms with Crippen LogP contribution in [0, 0.1) is 11.3 Å². The highest BCUT2D eigenvalue weighted by molar-refractivity contribution is 7.98. The van der Waals surface area contributed by atoms with Crippen molar-refractivity contribution in [2.45, 2.75) is 37.5 Å². The number of rotatable bonds is 7. The molecule has 3 rings (SSSR count). The van der Waals surface area contributed by atoms with Crippen LogP contribution in [0.4, 0.5) is 4.79 Å². The molecule has 2 N–H and O–H groups in total. The standard InChI is InChI=1S/C19H24N4O4S2/c1-28-11-6-16-17(24)23(13-15-5-3-2-4-14(15)12-20)19(21-16)7-9-22(10-8-19)29-27-18(25)26/h2-5,16,21H,6-11,13H2,1H3,(H,25,26). The second kappa shape index (κ2) is 9.71. The minimum Gasteiger partial charge on any atom is -0.449 e. The lowest BCUT2D eigenvalue weighted by Gasteiger charge is -2.43. The van der Waals surface area contributed by atoms with Gasteiger partial charge in [0.2, 0.25) is 5.91 Å². The molecule has 10 heteroatoms. The van der Waals surface area contributed by atoms with Crippen molar-refractivity contribution in [1.82, 2.24) is 14.5 Å². The van der Waals surface area contributed by atoms with Gasteiger partial charge in [0, 0.05) is 19.6 Å². The number of carbonyl (C=O) groups excluding carboxylic acids is 1. The first-order valence-electron chi connectivity index (χ1n) is 9.38. The molecule has 156 valence electrons. The molecule has 0 aliphatic carbocycles. The zero-order chi connectivity index (χ0) is 20.9. The van der Waals surface area contributed by atoms with Gasteiger partial charge in [-0.1, -0.05) is 18.2 Å². The van der Waals surface area contributed by atoms with E-state index in [1.54, 1.807) is 17.8 Å². The van der Waals surface area contributed by atoms with Crippen LogP contribution in [0.2, 0.25) is 0 Å². The van der Waals surface area contributed by atoms with Gasteiger partial charge in [-0.25, -0.2) is 9.10 Å². The summed E-state index contributed by atoms with van der Waals surface area (Å²) in [7, 11) is 0. The first-order valence-corrected chi connectivity index (χ1v) is 11.5. The summed E-state index contributed by atoms with van der Waals surface area (Å²) in [5.74, 6) is 0.950. The van der Waals surface area contributed by atoms with Crippen molar-refractivity contribution >= 4 is 36.1 Å². The summed E-state index contributed by atoms with van der Waals surface area (Å²) in [5, 5.41) is 21.7. The van der Waals surface area contributed by atoms with Crippen LogP contribution in [-0.2, 0) is 15.5 Å². The highest BCUT2D eigenvalue weighted by atomic mass is 32.2. The average molecular weight is 437 g/mol. The van der Waals surface area contributed by atoms with Gasteiger partial charge in [-0.05, 0) is 42.9 Å². The molecule has 1 aromatic carbocycles. The third kappa shape index (κ3) is 4.98. The van der Waals surface area contributed by atoms with Gasteiger partial charge in [-0.3, -0.25) is 10.1 Å². The molecule has 0 radical (unpaired) electrons. The van der Waals surface area contributed by atoms with Crippen LogP contribution in [0.25, 0.3) is 0 Å². The number of thioether (sulfide) groups is 1. The number of piperidine rings is 1. The largest absolute Gasteiger partial charge is 0.519 e. The highest BCUT2D eigenvalue weighted by Gasteiger charge is 2.51. The van der Waals surface area contributed by atoms with Crippen molar-refractivity contribution in [3.8, 4) is 6.07 Å². The summed E-state index contributed by atoms with van der Waals surface area (Å²) < 4.78 is 6.45. The summed E-state index contributed by atoms with van der Waals surface area (Å²) in [5.41, 5.74) is 0.912. The van der Waals surface area contributed by atoms with E-state index in [0.29, 0.717) is 38.0 Å². The van der Waals surface area contributed by atoms with Gasteiger partial charge in [-0.15, -0.1) is 0 Å². The molecule has 0 bridgehead atoms. The molecular formula is C19H24N4O4S2. The van der Waals surface area contributed by atoms with Crippen LogP contribution in [0.1, 0.15) is 30.4 Å². The maximum atomic E-state index is 13.2. The van der Waals surface area contributed by atoms with Crippen LogP contribution in [0.5, 0.6) is 0 Å². The van der Waals surface area contributed by atoms with Crippen LogP contribution < -0.4 is 5.32 Å². The van der Waals surface area contributed by atoms with Gasteiger partial charge in [0.15, 0.2) is 12.2 Å². The number of carboxylic acid groups (broad SMARTS) is 1. The minimum absolute atomic E-state index is 0.0645. The van der Waals surface area contributed by atoms with Crippen molar-refractivity contribution < 1.29 is 18.9 Å². The fourth-order valence-corrected chi connectivity index (χ4v) is 4.86. The Labute approximate surface area is 178 Å². The van der Waals surface area contributed by atoms with Crippen LogP contribution in [-0.4, -0.2) is 63.2 Å². The molecule has 2 aliphatic rings. The third-order valence-corrected chi connectivity index (χ3v) is 6.80. The monoisotopic (exact) mass is 436 g/mol. The average Bonchev–Trinajstić information content (AvgIpc) is 2.97. The molecule has 1 amide bonds. The predicted octanol–water partition coefficient (Wildman–Crippen LogP) is 2.66.